The summed E-state index contributed by atoms with van der Waals surface area (Å²) in [5, 5.41) is 0. The zero-order valence-electron chi connectivity index (χ0n) is 14.0. The van der Waals surface area contributed by atoms with Crippen LogP contribution in [0.2, 0.25) is 0 Å². The monoisotopic (exact) mass is 284 g/mol. The summed E-state index contributed by atoms with van der Waals surface area (Å²) in [6.07, 6.45) is 14.8. The Morgan fingerprint density at radius 2 is 1.81 bits per heavy atom. The molecule has 1 aromatic carbocycles. The standard InChI is InChI=1S/C21H32/c1-18(2)12-13-21-16-14-20(15-17-21)11-7-6-10-19-8-4-3-5-9-19/h3-5,8-9,14,18,21H,6-7,10-13,15-17H2,1-2H3. The molecule has 1 aromatic rings. The molecule has 0 bridgehead atoms. The van der Waals surface area contributed by atoms with Gasteiger partial charge >= 0.3 is 0 Å². The summed E-state index contributed by atoms with van der Waals surface area (Å²) in [7, 11) is 0. The van der Waals surface area contributed by atoms with E-state index in [1.165, 1.54) is 63.4 Å². The molecule has 0 spiro atoms. The Morgan fingerprint density at radius 3 is 2.48 bits per heavy atom. The number of allylic oxidation sites excluding steroid dienone is 2. The van der Waals surface area contributed by atoms with Crippen molar-refractivity contribution in [1.29, 1.82) is 0 Å². The fourth-order valence-electron chi connectivity index (χ4n) is 3.33. The Bertz CT molecular complexity index is 413. The average molecular weight is 284 g/mol. The molecule has 0 nitrogen and oxygen atoms in total. The number of benzene rings is 1. The summed E-state index contributed by atoms with van der Waals surface area (Å²) in [5.41, 5.74) is 3.23. The predicted octanol–water partition coefficient (Wildman–Crippen LogP) is 6.56. The first-order valence-corrected chi connectivity index (χ1v) is 8.96. The van der Waals surface area contributed by atoms with E-state index in [4.69, 9.17) is 0 Å². The van der Waals surface area contributed by atoms with E-state index in [9.17, 15) is 0 Å². The van der Waals surface area contributed by atoms with Crippen LogP contribution in [-0.2, 0) is 6.42 Å². The maximum atomic E-state index is 2.57. The van der Waals surface area contributed by atoms with Gasteiger partial charge in [-0.3, -0.25) is 0 Å². The minimum Gasteiger partial charge on any atom is -0.0851 e. The van der Waals surface area contributed by atoms with Crippen LogP contribution in [-0.4, -0.2) is 0 Å². The van der Waals surface area contributed by atoms with Crippen molar-refractivity contribution in [3.05, 3.63) is 47.5 Å². The van der Waals surface area contributed by atoms with Gasteiger partial charge in [-0.15, -0.1) is 0 Å². The molecule has 116 valence electrons. The van der Waals surface area contributed by atoms with E-state index in [2.05, 4.69) is 50.3 Å². The van der Waals surface area contributed by atoms with Crippen molar-refractivity contribution in [1.82, 2.24) is 0 Å². The highest BCUT2D eigenvalue weighted by atomic mass is 14.2. The lowest BCUT2D eigenvalue weighted by Gasteiger charge is -2.22. The lowest BCUT2D eigenvalue weighted by molar-refractivity contribution is 0.388. The largest absolute Gasteiger partial charge is 0.0851 e. The third-order valence-corrected chi connectivity index (χ3v) is 4.82. The molecule has 0 fully saturated rings. The molecule has 1 unspecified atom stereocenters. The van der Waals surface area contributed by atoms with Crippen molar-refractivity contribution < 1.29 is 0 Å². The van der Waals surface area contributed by atoms with Gasteiger partial charge < -0.3 is 0 Å². The predicted molar refractivity (Wildman–Crippen MR) is 93.5 cm³/mol. The zero-order valence-corrected chi connectivity index (χ0v) is 14.0. The summed E-state index contributed by atoms with van der Waals surface area (Å²) in [6, 6.07) is 10.9. The molecule has 0 radical (unpaired) electrons. The highest BCUT2D eigenvalue weighted by molar-refractivity contribution is 5.14. The first-order valence-electron chi connectivity index (χ1n) is 8.96. The molecule has 0 aromatic heterocycles. The van der Waals surface area contributed by atoms with E-state index in [1.54, 1.807) is 5.57 Å². The quantitative estimate of drug-likeness (QED) is 0.374. The highest BCUT2D eigenvalue weighted by Crippen LogP contribution is 2.30. The van der Waals surface area contributed by atoms with Crippen LogP contribution in [0.25, 0.3) is 0 Å². The van der Waals surface area contributed by atoms with Gasteiger partial charge in [-0.1, -0.05) is 62.2 Å². The van der Waals surface area contributed by atoms with E-state index in [0.29, 0.717) is 0 Å². The Balaban J connectivity index is 1.59. The van der Waals surface area contributed by atoms with Crippen LogP contribution >= 0.6 is 0 Å². The van der Waals surface area contributed by atoms with Gasteiger partial charge in [-0.2, -0.15) is 0 Å². The molecule has 0 amide bonds. The van der Waals surface area contributed by atoms with Gasteiger partial charge in [-0.05, 0) is 68.8 Å². The number of hydrogen-bond donors (Lipinski definition) is 0. The van der Waals surface area contributed by atoms with Gasteiger partial charge in [0.05, 0.1) is 0 Å². The fraction of sp³-hybridized carbons (Fsp3) is 0.619. The van der Waals surface area contributed by atoms with E-state index in [1.807, 2.05) is 0 Å². The minimum atomic E-state index is 0.869. The number of unbranched alkanes of at least 4 members (excludes halogenated alkanes) is 1. The maximum absolute atomic E-state index is 2.57. The molecule has 21 heavy (non-hydrogen) atoms. The molecule has 1 aliphatic rings. The molecular weight excluding hydrogens is 252 g/mol. The van der Waals surface area contributed by atoms with Crippen molar-refractivity contribution in [3.8, 4) is 0 Å². The summed E-state index contributed by atoms with van der Waals surface area (Å²) in [6.45, 7) is 4.69. The summed E-state index contributed by atoms with van der Waals surface area (Å²) in [4.78, 5) is 0. The third kappa shape index (κ3) is 6.50. The zero-order chi connectivity index (χ0) is 14.9. The van der Waals surface area contributed by atoms with Crippen LogP contribution in [0.4, 0.5) is 0 Å². The second-order valence-corrected chi connectivity index (χ2v) is 7.17. The van der Waals surface area contributed by atoms with E-state index in [0.717, 1.165) is 11.8 Å². The minimum absolute atomic E-state index is 0.869. The fourth-order valence-corrected chi connectivity index (χ4v) is 3.33. The van der Waals surface area contributed by atoms with Crippen LogP contribution in [0.3, 0.4) is 0 Å². The topological polar surface area (TPSA) is 0 Å². The Morgan fingerprint density at radius 1 is 1.05 bits per heavy atom. The highest BCUT2D eigenvalue weighted by Gasteiger charge is 2.14. The van der Waals surface area contributed by atoms with Crippen molar-refractivity contribution in [2.24, 2.45) is 11.8 Å². The molecular formula is C21H32. The smallest absolute Gasteiger partial charge is 0.0279 e. The van der Waals surface area contributed by atoms with E-state index in [-0.39, 0.29) is 0 Å². The van der Waals surface area contributed by atoms with E-state index < -0.39 is 0 Å². The summed E-state index contributed by atoms with van der Waals surface area (Å²) < 4.78 is 0. The normalized spacial score (nSPS) is 18.8. The van der Waals surface area contributed by atoms with Gasteiger partial charge in [0.25, 0.3) is 0 Å². The maximum Gasteiger partial charge on any atom is -0.0279 e. The van der Waals surface area contributed by atoms with Crippen LogP contribution in [0, 0.1) is 11.8 Å². The Hall–Kier alpha value is -1.04. The molecule has 1 aliphatic carbocycles. The average Bonchev–Trinajstić information content (AvgIpc) is 2.52. The van der Waals surface area contributed by atoms with Gasteiger partial charge in [0.15, 0.2) is 0 Å². The van der Waals surface area contributed by atoms with Crippen LogP contribution in [0.1, 0.15) is 70.8 Å². The third-order valence-electron chi connectivity index (χ3n) is 4.82. The van der Waals surface area contributed by atoms with E-state index >= 15 is 0 Å². The molecule has 0 aliphatic heterocycles. The van der Waals surface area contributed by atoms with Crippen LogP contribution < -0.4 is 0 Å². The van der Waals surface area contributed by atoms with Crippen molar-refractivity contribution in [2.45, 2.75) is 71.6 Å². The molecule has 0 heterocycles. The van der Waals surface area contributed by atoms with Gasteiger partial charge in [0.1, 0.15) is 0 Å². The summed E-state index contributed by atoms with van der Waals surface area (Å²) >= 11 is 0. The molecule has 2 rings (SSSR count). The molecule has 0 saturated heterocycles. The Kier molecular flexibility index (Phi) is 7.06. The molecule has 0 N–H and O–H groups in total. The van der Waals surface area contributed by atoms with Crippen molar-refractivity contribution in [2.75, 3.05) is 0 Å². The lowest BCUT2D eigenvalue weighted by atomic mass is 9.84. The Labute approximate surface area is 131 Å². The first kappa shape index (κ1) is 16.3. The van der Waals surface area contributed by atoms with Gasteiger partial charge in [-0.25, -0.2) is 0 Å². The first-order chi connectivity index (χ1) is 10.2. The van der Waals surface area contributed by atoms with Crippen LogP contribution in [0.15, 0.2) is 42.0 Å². The number of rotatable bonds is 8. The second kappa shape index (κ2) is 9.07. The number of aryl methyl sites for hydroxylation is 1. The van der Waals surface area contributed by atoms with Crippen molar-refractivity contribution >= 4 is 0 Å². The lowest BCUT2D eigenvalue weighted by Crippen LogP contribution is -2.07. The van der Waals surface area contributed by atoms with Crippen LogP contribution in [0.5, 0.6) is 0 Å². The van der Waals surface area contributed by atoms with Gasteiger partial charge in [0, 0.05) is 0 Å². The molecule has 1 atom stereocenters. The SMILES string of the molecule is CC(C)CCC1CC=C(CCCCc2ccccc2)CC1. The number of hydrogen-bond acceptors (Lipinski definition) is 0. The van der Waals surface area contributed by atoms with Gasteiger partial charge in [0.2, 0.25) is 0 Å². The summed E-state index contributed by atoms with van der Waals surface area (Å²) in [5.74, 6) is 1.84. The second-order valence-electron chi connectivity index (χ2n) is 7.17. The van der Waals surface area contributed by atoms with Crippen molar-refractivity contribution in [3.63, 3.8) is 0 Å². The molecule has 0 heteroatoms. The molecule has 0 saturated carbocycles.